The number of hydrogen-bond acceptors (Lipinski definition) is 2. The van der Waals surface area contributed by atoms with Crippen LogP contribution in [0.1, 0.15) is 11.1 Å². The number of amides is 2. The summed E-state index contributed by atoms with van der Waals surface area (Å²) in [7, 11) is 0. The number of primary amides is 1. The van der Waals surface area contributed by atoms with Crippen LogP contribution in [0.4, 0.5) is 0 Å². The number of rotatable bonds is 6. The van der Waals surface area contributed by atoms with E-state index >= 15 is 0 Å². The van der Waals surface area contributed by atoms with Gasteiger partial charge in [-0.2, -0.15) is 0 Å². The number of H-pyrrole nitrogens is 1. The molecule has 0 unspecified atom stereocenters. The van der Waals surface area contributed by atoms with E-state index in [-0.39, 0.29) is 17.8 Å². The van der Waals surface area contributed by atoms with E-state index in [0.717, 1.165) is 0 Å². The Kier molecular flexibility index (Phi) is 6.27. The van der Waals surface area contributed by atoms with Crippen LogP contribution in [0.25, 0.3) is 0 Å². The monoisotopic (exact) mass is 378 g/mol. The van der Waals surface area contributed by atoms with Crippen molar-refractivity contribution in [3.05, 3.63) is 75.5 Å². The van der Waals surface area contributed by atoms with Gasteiger partial charge in [0.1, 0.15) is 5.57 Å². The summed E-state index contributed by atoms with van der Waals surface area (Å²) >= 11 is 11.8. The van der Waals surface area contributed by atoms with Gasteiger partial charge < -0.3 is 11.1 Å². The molecule has 2 aromatic rings. The first-order valence-corrected chi connectivity index (χ1v) is 7.96. The zero-order valence-electron chi connectivity index (χ0n) is 13.1. The zero-order chi connectivity index (χ0) is 18.4. The third kappa shape index (κ3) is 5.41. The average molecular weight is 379 g/mol. The third-order valence-electron chi connectivity index (χ3n) is 3.24. The Morgan fingerprint density at radius 3 is 2.32 bits per heavy atom. The Balaban J connectivity index is 2.14. The molecule has 2 rings (SSSR count). The molecular weight excluding hydrogens is 363 g/mol. The molecule has 0 saturated heterocycles. The lowest BCUT2D eigenvalue weighted by atomic mass is 10.1. The highest BCUT2D eigenvalue weighted by Gasteiger charge is 2.18. The molecule has 1 aromatic heterocycles. The van der Waals surface area contributed by atoms with Crippen LogP contribution in [0.2, 0.25) is 10.0 Å². The minimum Gasteiger partial charge on any atom is -0.365 e. The van der Waals surface area contributed by atoms with Gasteiger partial charge in [-0.1, -0.05) is 23.2 Å². The van der Waals surface area contributed by atoms with Crippen LogP contribution < -0.4 is 21.4 Å². The van der Waals surface area contributed by atoms with Gasteiger partial charge >= 0.3 is 0 Å². The smallest absolute Gasteiger partial charge is 0.257 e. The van der Waals surface area contributed by atoms with Gasteiger partial charge in [0.2, 0.25) is 5.71 Å². The molecule has 0 fully saturated rings. The number of nitrogens with one attached hydrogen (secondary N) is 2. The Labute approximate surface area is 154 Å². The molecule has 0 bridgehead atoms. The number of hydrogen-bond donors (Lipinski definition) is 3. The van der Waals surface area contributed by atoms with E-state index in [4.69, 9.17) is 34.3 Å². The summed E-state index contributed by atoms with van der Waals surface area (Å²) in [6.45, 7) is 0.129. The van der Waals surface area contributed by atoms with E-state index < -0.39 is 11.8 Å². The number of halogens is 2. The second-order valence-electron chi connectivity index (χ2n) is 5.13. The maximum absolute atomic E-state index is 12.3. The molecule has 25 heavy (non-hydrogen) atoms. The lowest BCUT2D eigenvalue weighted by Gasteiger charge is -2.07. The fraction of sp³-hybridized carbons (Fsp3) is 0.0588. The fourth-order valence-electron chi connectivity index (χ4n) is 2.06. The predicted molar refractivity (Wildman–Crippen MR) is 94.6 cm³/mol. The first-order chi connectivity index (χ1) is 11.9. The van der Waals surface area contributed by atoms with Crippen molar-refractivity contribution in [2.45, 2.75) is 6.54 Å². The van der Waals surface area contributed by atoms with E-state index in [1.54, 1.807) is 42.7 Å². The number of aromatic nitrogens is 1. The van der Waals surface area contributed by atoms with Gasteiger partial charge in [0.15, 0.2) is 12.4 Å². The van der Waals surface area contributed by atoms with Crippen LogP contribution in [-0.2, 0) is 16.1 Å². The van der Waals surface area contributed by atoms with Crippen molar-refractivity contribution >= 4 is 40.7 Å². The van der Waals surface area contributed by atoms with Crippen LogP contribution >= 0.6 is 23.2 Å². The third-order valence-corrected chi connectivity index (χ3v) is 3.67. The summed E-state index contributed by atoms with van der Waals surface area (Å²) in [5.41, 5.74) is 6.61. The van der Waals surface area contributed by atoms with Crippen molar-refractivity contribution < 1.29 is 20.0 Å². The summed E-state index contributed by atoms with van der Waals surface area (Å²) in [4.78, 5) is 26.7. The van der Waals surface area contributed by atoms with Crippen LogP contribution in [0.15, 0.2) is 54.4 Å². The van der Waals surface area contributed by atoms with Gasteiger partial charge in [-0.15, -0.1) is 0 Å². The number of carbonyl (C=O) groups is 2. The van der Waals surface area contributed by atoms with Crippen molar-refractivity contribution in [3.8, 4) is 0 Å². The van der Waals surface area contributed by atoms with Gasteiger partial charge in [-0.05, 0) is 23.8 Å². The number of nitrogens with two attached hydrogens (primary N) is 2. The Hall–Kier alpha value is -2.70. The standard InChI is InChI=1S/C17H14Cl2N4O2/c18-12-5-10(6-13(19)7-12)9-23-17(25)14(16(21)24)8-15(20)11-1-3-22-4-2-11/h1-8,20H,9H2,(H2,21,24)(H,23,25)/p+2/b14-8+,20-15?. The molecule has 0 aliphatic rings. The van der Waals surface area contributed by atoms with Gasteiger partial charge in [0, 0.05) is 34.8 Å². The van der Waals surface area contributed by atoms with Crippen LogP contribution in [0.5, 0.6) is 0 Å². The highest BCUT2D eigenvalue weighted by molar-refractivity contribution is 6.34. The number of carbonyl (C=O) groups excluding carboxylic acids is 2. The fourth-order valence-corrected chi connectivity index (χ4v) is 2.63. The molecule has 0 aliphatic carbocycles. The Bertz CT molecular complexity index is 831. The summed E-state index contributed by atoms with van der Waals surface area (Å²) < 4.78 is 0. The second kappa shape index (κ2) is 8.41. The molecule has 0 spiro atoms. The number of allylic oxidation sites excluding steroid dienone is 1. The molecule has 2 amide bonds. The van der Waals surface area contributed by atoms with Gasteiger partial charge in [-0.3, -0.25) is 15.0 Å². The van der Waals surface area contributed by atoms with E-state index in [2.05, 4.69) is 10.3 Å². The predicted octanol–water partition coefficient (Wildman–Crippen LogP) is 0.0838. The van der Waals surface area contributed by atoms with Crippen molar-refractivity contribution in [1.29, 1.82) is 0 Å². The molecule has 0 atom stereocenters. The molecule has 8 heteroatoms. The quantitative estimate of drug-likeness (QED) is 0.286. The number of pyridine rings is 1. The molecule has 0 radical (unpaired) electrons. The molecule has 6 nitrogen and oxygen atoms in total. The topological polar surface area (TPSA) is 112 Å². The zero-order valence-corrected chi connectivity index (χ0v) is 14.6. The maximum Gasteiger partial charge on any atom is 0.257 e. The van der Waals surface area contributed by atoms with Crippen molar-refractivity contribution in [3.63, 3.8) is 0 Å². The SMILES string of the molecule is NC(=O)/C(=C\C(=[NH2+])c1cc[nH+]cc1)C(=O)NCc1cc(Cl)cc(Cl)c1. The van der Waals surface area contributed by atoms with E-state index in [1.165, 1.54) is 6.08 Å². The second-order valence-corrected chi connectivity index (χ2v) is 6.00. The number of aromatic amines is 1. The lowest BCUT2D eigenvalue weighted by molar-refractivity contribution is -0.378. The minimum atomic E-state index is -0.882. The molecule has 0 saturated carbocycles. The van der Waals surface area contributed by atoms with E-state index in [9.17, 15) is 9.59 Å². The van der Waals surface area contributed by atoms with E-state index in [0.29, 0.717) is 21.2 Å². The molecule has 1 aromatic carbocycles. The summed E-state index contributed by atoms with van der Waals surface area (Å²) in [5, 5.41) is 9.40. The molecule has 128 valence electrons. The largest absolute Gasteiger partial charge is 0.365 e. The Morgan fingerprint density at radius 2 is 1.76 bits per heavy atom. The Morgan fingerprint density at radius 1 is 1.16 bits per heavy atom. The van der Waals surface area contributed by atoms with Gasteiger partial charge in [-0.25, -0.2) is 4.98 Å². The lowest BCUT2D eigenvalue weighted by Crippen LogP contribution is -2.41. The molecule has 0 aliphatic heterocycles. The van der Waals surface area contributed by atoms with Crippen molar-refractivity contribution in [2.75, 3.05) is 0 Å². The highest BCUT2D eigenvalue weighted by Crippen LogP contribution is 2.18. The minimum absolute atomic E-state index is 0.129. The molecular formula is C17H16Cl2N4O2+2. The summed E-state index contributed by atoms with van der Waals surface area (Å²) in [5.74, 6) is -1.53. The average Bonchev–Trinajstić information content (AvgIpc) is 2.57. The van der Waals surface area contributed by atoms with E-state index in [1.807, 2.05) is 0 Å². The van der Waals surface area contributed by atoms with Gasteiger partial charge in [0.25, 0.3) is 11.8 Å². The normalized spacial score (nSPS) is 11.0. The summed E-state index contributed by atoms with van der Waals surface area (Å²) in [6.07, 6.45) is 4.59. The van der Waals surface area contributed by atoms with Crippen molar-refractivity contribution in [1.82, 2.24) is 5.32 Å². The molecule has 1 heterocycles. The van der Waals surface area contributed by atoms with Crippen LogP contribution in [0, 0.1) is 0 Å². The number of benzene rings is 1. The first-order valence-electron chi connectivity index (χ1n) is 7.20. The maximum atomic E-state index is 12.3. The molecule has 6 N–H and O–H groups in total. The first kappa shape index (κ1) is 18.6. The van der Waals surface area contributed by atoms with Gasteiger partial charge in [0.05, 0.1) is 5.56 Å². The van der Waals surface area contributed by atoms with Crippen LogP contribution in [-0.4, -0.2) is 17.5 Å². The van der Waals surface area contributed by atoms with Crippen LogP contribution in [0.3, 0.4) is 0 Å². The summed E-state index contributed by atoms with van der Waals surface area (Å²) in [6, 6.07) is 8.30. The highest BCUT2D eigenvalue weighted by atomic mass is 35.5. The van der Waals surface area contributed by atoms with Crippen molar-refractivity contribution in [2.24, 2.45) is 5.73 Å².